The summed E-state index contributed by atoms with van der Waals surface area (Å²) in [6, 6.07) is 3.65. The van der Waals surface area contributed by atoms with Crippen molar-refractivity contribution < 1.29 is 24.1 Å². The van der Waals surface area contributed by atoms with Gasteiger partial charge in [-0.15, -0.1) is 0 Å². The Bertz CT molecular complexity index is 378. The molecule has 0 aliphatic rings. The smallest absolute Gasteiger partial charge is 0.339 e. The fraction of sp³-hybridized carbons (Fsp3) is 0.364. The zero-order valence-electron chi connectivity index (χ0n) is 8.81. The van der Waals surface area contributed by atoms with Gasteiger partial charge in [-0.05, 0) is 18.6 Å². The maximum absolute atomic E-state index is 13.3. The number of para-hydroxylation sites is 1. The van der Waals surface area contributed by atoms with E-state index in [0.717, 1.165) is 6.07 Å². The molecule has 1 unspecified atom stereocenters. The molecule has 0 aromatic heterocycles. The molecule has 1 aromatic carbocycles. The number of aliphatic hydroxyl groups excluding tert-OH is 1. The Morgan fingerprint density at radius 2 is 2.25 bits per heavy atom. The number of carboxylic acid groups (broad SMARTS) is 1. The predicted molar refractivity (Wildman–Crippen MR) is 55.2 cm³/mol. The molecule has 16 heavy (non-hydrogen) atoms. The third kappa shape index (κ3) is 2.93. The van der Waals surface area contributed by atoms with Crippen molar-refractivity contribution in [2.45, 2.75) is 19.4 Å². The van der Waals surface area contributed by atoms with Crippen LogP contribution in [-0.2, 0) is 0 Å². The van der Waals surface area contributed by atoms with Gasteiger partial charge in [0.1, 0.15) is 12.2 Å². The standard InChI is InChI=1S/C11H13FO4/c1-2-7(13)6-16-10-8(11(14)15)4-3-5-9(10)12/h3-5,7,13H,2,6H2,1H3,(H,14,15). The number of hydrogen-bond donors (Lipinski definition) is 2. The van der Waals surface area contributed by atoms with Gasteiger partial charge in [0.15, 0.2) is 11.6 Å². The van der Waals surface area contributed by atoms with Crippen molar-refractivity contribution in [1.29, 1.82) is 0 Å². The minimum Gasteiger partial charge on any atom is -0.487 e. The van der Waals surface area contributed by atoms with Crippen molar-refractivity contribution in [2.24, 2.45) is 0 Å². The number of ether oxygens (including phenoxy) is 1. The van der Waals surface area contributed by atoms with Gasteiger partial charge in [0.05, 0.1) is 6.10 Å². The highest BCUT2D eigenvalue weighted by molar-refractivity contribution is 5.90. The molecule has 2 N–H and O–H groups in total. The van der Waals surface area contributed by atoms with E-state index in [1.807, 2.05) is 0 Å². The SMILES string of the molecule is CCC(O)COc1c(F)cccc1C(=O)O. The molecule has 0 bridgehead atoms. The topological polar surface area (TPSA) is 66.8 Å². The number of carbonyl (C=O) groups is 1. The van der Waals surface area contributed by atoms with E-state index in [4.69, 9.17) is 9.84 Å². The lowest BCUT2D eigenvalue weighted by Crippen LogP contribution is -2.18. The number of aliphatic hydroxyl groups is 1. The summed E-state index contributed by atoms with van der Waals surface area (Å²) < 4.78 is 18.3. The molecular formula is C11H13FO4. The minimum absolute atomic E-state index is 0.127. The Balaban J connectivity index is 2.88. The lowest BCUT2D eigenvalue weighted by molar-refractivity contribution is 0.0679. The maximum Gasteiger partial charge on any atom is 0.339 e. The van der Waals surface area contributed by atoms with E-state index in [2.05, 4.69) is 0 Å². The molecule has 0 radical (unpaired) electrons. The molecule has 4 nitrogen and oxygen atoms in total. The predicted octanol–water partition coefficient (Wildman–Crippen LogP) is 1.67. The molecule has 0 spiro atoms. The molecule has 5 heteroatoms. The normalized spacial score (nSPS) is 12.2. The van der Waals surface area contributed by atoms with Gasteiger partial charge in [0.2, 0.25) is 0 Å². The van der Waals surface area contributed by atoms with Crippen molar-refractivity contribution in [2.75, 3.05) is 6.61 Å². The third-order valence-electron chi connectivity index (χ3n) is 2.09. The molecule has 88 valence electrons. The summed E-state index contributed by atoms with van der Waals surface area (Å²) in [6.45, 7) is 1.62. The van der Waals surface area contributed by atoms with Crippen LogP contribution in [-0.4, -0.2) is 28.9 Å². The molecule has 1 rings (SSSR count). The molecule has 0 heterocycles. The van der Waals surface area contributed by atoms with Gasteiger partial charge < -0.3 is 14.9 Å². The van der Waals surface area contributed by atoms with E-state index in [1.54, 1.807) is 6.92 Å². The largest absolute Gasteiger partial charge is 0.487 e. The second kappa shape index (κ2) is 5.46. The van der Waals surface area contributed by atoms with Crippen molar-refractivity contribution in [1.82, 2.24) is 0 Å². The molecule has 1 atom stereocenters. The molecule has 1 aromatic rings. The van der Waals surface area contributed by atoms with Crippen molar-refractivity contribution >= 4 is 5.97 Å². The summed E-state index contributed by atoms with van der Waals surface area (Å²) in [5, 5.41) is 18.0. The summed E-state index contributed by atoms with van der Waals surface area (Å²) in [5.74, 6) is -2.34. The molecule has 0 aliphatic heterocycles. The van der Waals surface area contributed by atoms with Crippen LogP contribution < -0.4 is 4.74 Å². The van der Waals surface area contributed by atoms with E-state index in [-0.39, 0.29) is 17.9 Å². The average Bonchev–Trinajstić information content (AvgIpc) is 2.26. The van der Waals surface area contributed by atoms with Crippen LogP contribution in [0.15, 0.2) is 18.2 Å². The minimum atomic E-state index is -1.26. The molecule has 0 aliphatic carbocycles. The Kier molecular flexibility index (Phi) is 4.25. The zero-order valence-corrected chi connectivity index (χ0v) is 8.81. The van der Waals surface area contributed by atoms with Crippen molar-refractivity contribution in [3.8, 4) is 5.75 Å². The average molecular weight is 228 g/mol. The second-order valence-corrected chi connectivity index (χ2v) is 3.29. The summed E-state index contributed by atoms with van der Waals surface area (Å²) in [4.78, 5) is 10.8. The zero-order chi connectivity index (χ0) is 12.1. The third-order valence-corrected chi connectivity index (χ3v) is 2.09. The van der Waals surface area contributed by atoms with Crippen LogP contribution >= 0.6 is 0 Å². The first-order valence-electron chi connectivity index (χ1n) is 4.89. The van der Waals surface area contributed by atoms with Gasteiger partial charge in [0.25, 0.3) is 0 Å². The Hall–Kier alpha value is -1.62. The number of benzene rings is 1. The number of carboxylic acids is 1. The van der Waals surface area contributed by atoms with E-state index in [9.17, 15) is 14.3 Å². The highest BCUT2D eigenvalue weighted by Crippen LogP contribution is 2.22. The molecule has 0 amide bonds. The van der Waals surface area contributed by atoms with Crippen LogP contribution in [0.2, 0.25) is 0 Å². The lowest BCUT2D eigenvalue weighted by atomic mass is 10.2. The van der Waals surface area contributed by atoms with Crippen LogP contribution in [0.5, 0.6) is 5.75 Å². The first-order valence-corrected chi connectivity index (χ1v) is 4.89. The summed E-state index contributed by atoms with van der Waals surface area (Å²) >= 11 is 0. The van der Waals surface area contributed by atoms with Crippen LogP contribution in [0, 0.1) is 5.82 Å². The fourth-order valence-electron chi connectivity index (χ4n) is 1.12. The van der Waals surface area contributed by atoms with Gasteiger partial charge >= 0.3 is 5.97 Å². The summed E-state index contributed by atoms with van der Waals surface area (Å²) in [5.41, 5.74) is -0.247. The van der Waals surface area contributed by atoms with Gasteiger partial charge in [-0.1, -0.05) is 13.0 Å². The van der Waals surface area contributed by atoms with E-state index in [0.29, 0.717) is 6.42 Å². The van der Waals surface area contributed by atoms with Crippen LogP contribution in [0.1, 0.15) is 23.7 Å². The monoisotopic (exact) mass is 228 g/mol. The van der Waals surface area contributed by atoms with Crippen LogP contribution in [0.25, 0.3) is 0 Å². The van der Waals surface area contributed by atoms with E-state index >= 15 is 0 Å². The van der Waals surface area contributed by atoms with Crippen molar-refractivity contribution in [3.63, 3.8) is 0 Å². The quantitative estimate of drug-likeness (QED) is 0.804. The number of hydrogen-bond acceptors (Lipinski definition) is 3. The maximum atomic E-state index is 13.3. The van der Waals surface area contributed by atoms with Crippen molar-refractivity contribution in [3.05, 3.63) is 29.6 Å². The van der Waals surface area contributed by atoms with Gasteiger partial charge in [-0.2, -0.15) is 0 Å². The fourth-order valence-corrected chi connectivity index (χ4v) is 1.12. The first-order chi connectivity index (χ1) is 7.56. The van der Waals surface area contributed by atoms with Gasteiger partial charge in [-0.3, -0.25) is 0 Å². The number of aromatic carboxylic acids is 1. The first kappa shape index (κ1) is 12.4. The summed E-state index contributed by atoms with van der Waals surface area (Å²) in [7, 11) is 0. The van der Waals surface area contributed by atoms with E-state index in [1.165, 1.54) is 12.1 Å². The second-order valence-electron chi connectivity index (χ2n) is 3.29. The molecule has 0 saturated carbocycles. The number of halogens is 1. The van der Waals surface area contributed by atoms with Gasteiger partial charge in [-0.25, -0.2) is 9.18 Å². The number of rotatable bonds is 5. The molecular weight excluding hydrogens is 215 g/mol. The van der Waals surface area contributed by atoms with Crippen LogP contribution in [0.3, 0.4) is 0 Å². The Morgan fingerprint density at radius 3 is 2.81 bits per heavy atom. The van der Waals surface area contributed by atoms with E-state index < -0.39 is 17.9 Å². The highest BCUT2D eigenvalue weighted by Gasteiger charge is 2.16. The molecule has 0 saturated heterocycles. The van der Waals surface area contributed by atoms with Gasteiger partial charge in [0, 0.05) is 0 Å². The Labute approximate surface area is 92.3 Å². The van der Waals surface area contributed by atoms with Crippen LogP contribution in [0.4, 0.5) is 4.39 Å². The summed E-state index contributed by atoms with van der Waals surface area (Å²) in [6.07, 6.45) is -0.280. The Morgan fingerprint density at radius 1 is 1.56 bits per heavy atom. The lowest BCUT2D eigenvalue weighted by Gasteiger charge is -2.12. The molecule has 0 fully saturated rings. The highest BCUT2D eigenvalue weighted by atomic mass is 19.1.